The predicted molar refractivity (Wildman–Crippen MR) is 117 cm³/mol. The number of nitrogens with one attached hydrogen (secondary N) is 1. The van der Waals surface area contributed by atoms with E-state index in [4.69, 9.17) is 9.47 Å². The lowest BCUT2D eigenvalue weighted by Gasteiger charge is -2.21. The molecule has 0 aliphatic carbocycles. The first-order valence-corrected chi connectivity index (χ1v) is 10.2. The highest BCUT2D eigenvalue weighted by molar-refractivity contribution is 5.94. The summed E-state index contributed by atoms with van der Waals surface area (Å²) < 4.78 is 11.0. The standard InChI is InChI=1S/C24H28N2O4/c1-3-14-26(17-18-6-9-20(29-2)10-7-18)24(28)5-4-15-30-21-11-12-22-19(16-21)8-13-23(27)25-22/h3,6-7,9-12,16H,1,4-5,8,13-15,17H2,2H3,(H,25,27). The number of hydrogen-bond donors (Lipinski definition) is 1. The number of carbonyl (C=O) groups excluding carboxylic acids is 2. The van der Waals surface area contributed by atoms with E-state index in [2.05, 4.69) is 11.9 Å². The number of amides is 2. The zero-order chi connectivity index (χ0) is 21.3. The van der Waals surface area contributed by atoms with Crippen molar-refractivity contribution in [3.8, 4) is 11.5 Å². The average Bonchev–Trinajstić information content (AvgIpc) is 2.76. The van der Waals surface area contributed by atoms with Crippen molar-refractivity contribution >= 4 is 17.5 Å². The van der Waals surface area contributed by atoms with Crippen LogP contribution in [0.4, 0.5) is 5.69 Å². The van der Waals surface area contributed by atoms with Crippen molar-refractivity contribution in [2.45, 2.75) is 32.2 Å². The monoisotopic (exact) mass is 408 g/mol. The maximum absolute atomic E-state index is 12.7. The molecule has 0 aromatic heterocycles. The Kier molecular flexibility index (Phi) is 7.49. The van der Waals surface area contributed by atoms with Gasteiger partial charge in [-0.15, -0.1) is 6.58 Å². The molecule has 1 aliphatic heterocycles. The molecule has 2 aromatic carbocycles. The van der Waals surface area contributed by atoms with Crippen LogP contribution in [0.3, 0.4) is 0 Å². The van der Waals surface area contributed by atoms with Gasteiger partial charge in [-0.25, -0.2) is 0 Å². The molecule has 1 N–H and O–H groups in total. The van der Waals surface area contributed by atoms with E-state index in [-0.39, 0.29) is 11.8 Å². The summed E-state index contributed by atoms with van der Waals surface area (Å²) in [6.45, 7) is 5.26. The minimum atomic E-state index is 0.0494. The Hall–Kier alpha value is -3.28. The number of benzene rings is 2. The molecule has 0 spiro atoms. The first kappa shape index (κ1) is 21.4. The zero-order valence-electron chi connectivity index (χ0n) is 17.4. The molecule has 6 heteroatoms. The number of methoxy groups -OCH3 is 1. The molecule has 1 aliphatic rings. The van der Waals surface area contributed by atoms with Gasteiger partial charge in [-0.3, -0.25) is 9.59 Å². The van der Waals surface area contributed by atoms with Crippen LogP contribution in [0.5, 0.6) is 11.5 Å². The van der Waals surface area contributed by atoms with Crippen molar-refractivity contribution < 1.29 is 19.1 Å². The number of ether oxygens (including phenoxy) is 2. The normalized spacial score (nSPS) is 12.5. The highest BCUT2D eigenvalue weighted by Gasteiger charge is 2.16. The van der Waals surface area contributed by atoms with E-state index in [1.807, 2.05) is 42.5 Å². The second-order valence-electron chi connectivity index (χ2n) is 7.23. The van der Waals surface area contributed by atoms with Gasteiger partial charge < -0.3 is 19.7 Å². The van der Waals surface area contributed by atoms with Crippen LogP contribution in [-0.4, -0.2) is 37.0 Å². The molecule has 3 rings (SSSR count). The fourth-order valence-electron chi connectivity index (χ4n) is 3.38. The number of rotatable bonds is 10. The van der Waals surface area contributed by atoms with Crippen molar-refractivity contribution in [2.24, 2.45) is 0 Å². The van der Waals surface area contributed by atoms with E-state index in [0.29, 0.717) is 39.0 Å². The highest BCUT2D eigenvalue weighted by Crippen LogP contribution is 2.27. The summed E-state index contributed by atoms with van der Waals surface area (Å²) >= 11 is 0. The number of nitrogens with zero attached hydrogens (tertiary/aromatic N) is 1. The highest BCUT2D eigenvalue weighted by atomic mass is 16.5. The number of anilines is 1. The summed E-state index contributed by atoms with van der Waals surface area (Å²) in [7, 11) is 1.63. The van der Waals surface area contributed by atoms with Gasteiger partial charge in [0, 0.05) is 31.6 Å². The molecule has 0 radical (unpaired) electrons. The van der Waals surface area contributed by atoms with Crippen LogP contribution in [0.1, 0.15) is 30.4 Å². The predicted octanol–water partition coefficient (Wildman–Crippen LogP) is 3.95. The van der Waals surface area contributed by atoms with Gasteiger partial charge in [0.15, 0.2) is 0 Å². The van der Waals surface area contributed by atoms with E-state index in [1.54, 1.807) is 18.1 Å². The fourth-order valence-corrected chi connectivity index (χ4v) is 3.38. The van der Waals surface area contributed by atoms with Crippen LogP contribution < -0.4 is 14.8 Å². The van der Waals surface area contributed by atoms with E-state index in [0.717, 1.165) is 34.7 Å². The molecular formula is C24H28N2O4. The van der Waals surface area contributed by atoms with Crippen LogP contribution in [-0.2, 0) is 22.6 Å². The smallest absolute Gasteiger partial charge is 0.224 e. The lowest BCUT2D eigenvalue weighted by molar-refractivity contribution is -0.131. The van der Waals surface area contributed by atoms with Crippen LogP contribution >= 0.6 is 0 Å². The van der Waals surface area contributed by atoms with Crippen LogP contribution in [0.2, 0.25) is 0 Å². The molecule has 2 amide bonds. The summed E-state index contributed by atoms with van der Waals surface area (Å²) in [6.07, 6.45) is 3.99. The quantitative estimate of drug-likeness (QED) is 0.477. The molecule has 0 saturated heterocycles. The van der Waals surface area contributed by atoms with Gasteiger partial charge in [0.2, 0.25) is 11.8 Å². The molecule has 6 nitrogen and oxygen atoms in total. The molecule has 2 aromatic rings. The summed E-state index contributed by atoms with van der Waals surface area (Å²) in [5.74, 6) is 1.68. The molecular weight excluding hydrogens is 380 g/mol. The number of fused-ring (bicyclic) bond motifs is 1. The molecule has 0 fully saturated rings. The maximum atomic E-state index is 12.7. The largest absolute Gasteiger partial charge is 0.497 e. The lowest BCUT2D eigenvalue weighted by atomic mass is 10.0. The number of carbonyl (C=O) groups is 2. The average molecular weight is 408 g/mol. The molecule has 30 heavy (non-hydrogen) atoms. The van der Waals surface area contributed by atoms with Crippen molar-refractivity contribution in [3.05, 3.63) is 66.2 Å². The number of hydrogen-bond acceptors (Lipinski definition) is 4. The second-order valence-corrected chi connectivity index (χ2v) is 7.23. The van der Waals surface area contributed by atoms with Crippen LogP contribution in [0, 0.1) is 0 Å². The molecule has 0 bridgehead atoms. The van der Waals surface area contributed by atoms with Crippen molar-refractivity contribution in [1.29, 1.82) is 0 Å². The van der Waals surface area contributed by atoms with Crippen LogP contribution in [0.25, 0.3) is 0 Å². The third kappa shape index (κ3) is 5.86. The SMILES string of the molecule is C=CCN(Cc1ccc(OC)cc1)C(=O)CCCOc1ccc2c(c1)CCC(=O)N2. The Morgan fingerprint density at radius 3 is 2.67 bits per heavy atom. The van der Waals surface area contributed by atoms with E-state index >= 15 is 0 Å². The summed E-state index contributed by atoms with van der Waals surface area (Å²) in [5.41, 5.74) is 2.98. The van der Waals surface area contributed by atoms with Crippen LogP contribution in [0.15, 0.2) is 55.1 Å². The van der Waals surface area contributed by atoms with Gasteiger partial charge in [-0.2, -0.15) is 0 Å². The summed E-state index contributed by atoms with van der Waals surface area (Å²) in [4.78, 5) is 25.9. The topological polar surface area (TPSA) is 67.9 Å². The van der Waals surface area contributed by atoms with Crippen molar-refractivity contribution in [3.63, 3.8) is 0 Å². The molecule has 1 heterocycles. The van der Waals surface area contributed by atoms with E-state index in [9.17, 15) is 9.59 Å². The Morgan fingerprint density at radius 2 is 1.93 bits per heavy atom. The minimum absolute atomic E-state index is 0.0494. The Labute approximate surface area is 177 Å². The Morgan fingerprint density at radius 1 is 1.17 bits per heavy atom. The van der Waals surface area contributed by atoms with Gasteiger partial charge in [0.1, 0.15) is 11.5 Å². The fraction of sp³-hybridized carbons (Fsp3) is 0.333. The lowest BCUT2D eigenvalue weighted by Crippen LogP contribution is -2.30. The van der Waals surface area contributed by atoms with Gasteiger partial charge in [-0.1, -0.05) is 18.2 Å². The molecule has 158 valence electrons. The molecule has 0 unspecified atom stereocenters. The van der Waals surface area contributed by atoms with Gasteiger partial charge >= 0.3 is 0 Å². The number of aryl methyl sites for hydroxylation is 1. The summed E-state index contributed by atoms with van der Waals surface area (Å²) in [6, 6.07) is 13.4. The van der Waals surface area contributed by atoms with Crippen molar-refractivity contribution in [2.75, 3.05) is 25.6 Å². The first-order valence-electron chi connectivity index (χ1n) is 10.2. The van der Waals surface area contributed by atoms with Gasteiger partial charge in [0.25, 0.3) is 0 Å². The third-order valence-electron chi connectivity index (χ3n) is 5.01. The second kappa shape index (κ2) is 10.5. The van der Waals surface area contributed by atoms with E-state index < -0.39 is 0 Å². The van der Waals surface area contributed by atoms with E-state index in [1.165, 1.54) is 0 Å². The molecule has 0 atom stereocenters. The van der Waals surface area contributed by atoms with Gasteiger partial charge in [-0.05, 0) is 54.3 Å². The maximum Gasteiger partial charge on any atom is 0.224 e. The first-order chi connectivity index (χ1) is 14.6. The van der Waals surface area contributed by atoms with Gasteiger partial charge in [0.05, 0.1) is 13.7 Å². The third-order valence-corrected chi connectivity index (χ3v) is 5.01. The summed E-state index contributed by atoms with van der Waals surface area (Å²) in [5, 5.41) is 2.86. The van der Waals surface area contributed by atoms with Crippen molar-refractivity contribution in [1.82, 2.24) is 4.90 Å². The Balaban J connectivity index is 1.47. The minimum Gasteiger partial charge on any atom is -0.497 e. The zero-order valence-corrected chi connectivity index (χ0v) is 17.4. The molecule has 0 saturated carbocycles. The Bertz CT molecular complexity index is 893.